The van der Waals surface area contributed by atoms with Gasteiger partial charge in [-0.1, -0.05) is 12.1 Å². The van der Waals surface area contributed by atoms with Gasteiger partial charge in [-0.25, -0.2) is 4.39 Å². The van der Waals surface area contributed by atoms with E-state index in [4.69, 9.17) is 0 Å². The summed E-state index contributed by atoms with van der Waals surface area (Å²) in [6, 6.07) is 5.59. The van der Waals surface area contributed by atoms with Crippen LogP contribution in [0.3, 0.4) is 0 Å². The number of benzene rings is 1. The minimum atomic E-state index is -1.25. The second kappa shape index (κ2) is 6.60. The summed E-state index contributed by atoms with van der Waals surface area (Å²) in [6.07, 6.45) is -2.97. The van der Waals surface area contributed by atoms with Crippen LogP contribution < -0.4 is 0 Å². The molecule has 1 fully saturated rings. The van der Waals surface area contributed by atoms with Gasteiger partial charge in [-0.15, -0.1) is 0 Å². The summed E-state index contributed by atoms with van der Waals surface area (Å²) in [6.45, 7) is 0.308. The van der Waals surface area contributed by atoms with Crippen LogP contribution in [0.2, 0.25) is 0 Å². The lowest BCUT2D eigenvalue weighted by Crippen LogP contribution is -2.62. The molecule has 1 aromatic carbocycles. The standard InChI is InChI=1S/C14H20FNO4/c15-10-3-1-2-9(6-10)4-5-16-7-12(18)14(20)13(19)11(16)8-17/h1-3,6,11-14,17-20H,4-5,7-8H2/t11-,12+,13-,14-/m1/s1. The summed E-state index contributed by atoms with van der Waals surface area (Å²) < 4.78 is 13.1. The van der Waals surface area contributed by atoms with Crippen LogP contribution >= 0.6 is 0 Å². The SMILES string of the molecule is OC[C@@H]1[C@@H](O)[C@H](O)[C@@H](O)CN1CCc1cccc(F)c1. The van der Waals surface area contributed by atoms with Gasteiger partial charge in [0, 0.05) is 13.1 Å². The van der Waals surface area contributed by atoms with Crippen molar-refractivity contribution in [3.63, 3.8) is 0 Å². The average molecular weight is 285 g/mol. The highest BCUT2D eigenvalue weighted by atomic mass is 19.1. The van der Waals surface area contributed by atoms with Gasteiger partial charge in [0.1, 0.15) is 18.0 Å². The van der Waals surface area contributed by atoms with Crippen molar-refractivity contribution in [1.82, 2.24) is 4.90 Å². The Balaban J connectivity index is 2.00. The Hall–Kier alpha value is -1.05. The van der Waals surface area contributed by atoms with Gasteiger partial charge in [0.15, 0.2) is 0 Å². The van der Waals surface area contributed by atoms with Crippen molar-refractivity contribution in [3.05, 3.63) is 35.6 Å². The van der Waals surface area contributed by atoms with E-state index in [1.807, 2.05) is 0 Å². The van der Waals surface area contributed by atoms with Gasteiger partial charge >= 0.3 is 0 Å². The number of hydrogen-bond donors (Lipinski definition) is 4. The first-order valence-electron chi connectivity index (χ1n) is 6.66. The molecule has 1 heterocycles. The van der Waals surface area contributed by atoms with Crippen LogP contribution in [0.15, 0.2) is 24.3 Å². The van der Waals surface area contributed by atoms with Crippen LogP contribution in [0.1, 0.15) is 5.56 Å². The molecule has 0 unspecified atom stereocenters. The molecule has 0 spiro atoms. The van der Waals surface area contributed by atoms with Crippen molar-refractivity contribution in [1.29, 1.82) is 0 Å². The molecule has 0 aromatic heterocycles. The zero-order valence-corrected chi connectivity index (χ0v) is 11.1. The molecular formula is C14H20FNO4. The van der Waals surface area contributed by atoms with Crippen LogP contribution in [0.5, 0.6) is 0 Å². The van der Waals surface area contributed by atoms with Gasteiger partial charge < -0.3 is 20.4 Å². The topological polar surface area (TPSA) is 84.2 Å². The van der Waals surface area contributed by atoms with Crippen LogP contribution in [0, 0.1) is 5.82 Å². The minimum Gasteiger partial charge on any atom is -0.395 e. The molecule has 1 aromatic rings. The molecule has 0 bridgehead atoms. The molecule has 4 N–H and O–H groups in total. The quantitative estimate of drug-likeness (QED) is 0.578. The summed E-state index contributed by atoms with van der Waals surface area (Å²) in [5.41, 5.74) is 0.803. The van der Waals surface area contributed by atoms with Crippen molar-refractivity contribution in [2.75, 3.05) is 19.7 Å². The monoisotopic (exact) mass is 285 g/mol. The highest BCUT2D eigenvalue weighted by Crippen LogP contribution is 2.19. The van der Waals surface area contributed by atoms with E-state index in [1.165, 1.54) is 12.1 Å². The number of hydrogen-bond acceptors (Lipinski definition) is 5. The lowest BCUT2D eigenvalue weighted by Gasteiger charge is -2.43. The lowest BCUT2D eigenvalue weighted by molar-refractivity contribution is -0.144. The molecule has 1 saturated heterocycles. The molecule has 20 heavy (non-hydrogen) atoms. The van der Waals surface area contributed by atoms with Gasteiger partial charge in [-0.05, 0) is 24.1 Å². The zero-order valence-electron chi connectivity index (χ0n) is 11.1. The second-order valence-electron chi connectivity index (χ2n) is 5.17. The van der Waals surface area contributed by atoms with Crippen LogP contribution in [0.4, 0.5) is 4.39 Å². The first-order valence-corrected chi connectivity index (χ1v) is 6.66. The van der Waals surface area contributed by atoms with Crippen molar-refractivity contribution >= 4 is 0 Å². The maximum Gasteiger partial charge on any atom is 0.123 e. The van der Waals surface area contributed by atoms with Gasteiger partial charge in [0.25, 0.3) is 0 Å². The minimum absolute atomic E-state index is 0.165. The van der Waals surface area contributed by atoms with E-state index in [9.17, 15) is 24.8 Å². The number of likely N-dealkylation sites (tertiary alicyclic amines) is 1. The number of rotatable bonds is 4. The third kappa shape index (κ3) is 3.34. The van der Waals surface area contributed by atoms with Gasteiger partial charge in [0.2, 0.25) is 0 Å². The molecule has 6 heteroatoms. The maximum atomic E-state index is 13.1. The first-order chi connectivity index (χ1) is 9.52. The van der Waals surface area contributed by atoms with Crippen molar-refractivity contribution in [3.8, 4) is 0 Å². The van der Waals surface area contributed by atoms with E-state index >= 15 is 0 Å². The number of nitrogens with zero attached hydrogens (tertiary/aromatic N) is 1. The van der Waals surface area contributed by atoms with Crippen LogP contribution in [-0.4, -0.2) is 69.4 Å². The molecule has 2 rings (SSSR count). The highest BCUT2D eigenvalue weighted by molar-refractivity contribution is 5.16. The van der Waals surface area contributed by atoms with Crippen molar-refractivity contribution < 1.29 is 24.8 Å². The molecular weight excluding hydrogens is 265 g/mol. The summed E-state index contributed by atoms with van der Waals surface area (Å²) in [5, 5.41) is 38.5. The smallest absolute Gasteiger partial charge is 0.123 e. The molecule has 0 aliphatic carbocycles. The molecule has 4 atom stereocenters. The molecule has 0 saturated carbocycles. The number of piperidine rings is 1. The summed E-state index contributed by atoms with van der Waals surface area (Å²) in [4.78, 5) is 1.72. The lowest BCUT2D eigenvalue weighted by atomic mass is 9.94. The summed E-state index contributed by atoms with van der Waals surface area (Å²) >= 11 is 0. The third-order valence-electron chi connectivity index (χ3n) is 3.79. The number of aliphatic hydroxyl groups is 4. The highest BCUT2D eigenvalue weighted by Gasteiger charge is 2.40. The zero-order chi connectivity index (χ0) is 14.7. The van der Waals surface area contributed by atoms with Crippen LogP contribution in [0.25, 0.3) is 0 Å². The average Bonchev–Trinajstić information content (AvgIpc) is 2.43. The second-order valence-corrected chi connectivity index (χ2v) is 5.17. The van der Waals surface area contributed by atoms with Crippen LogP contribution in [-0.2, 0) is 6.42 Å². The Bertz CT molecular complexity index is 445. The first kappa shape index (κ1) is 15.3. The predicted molar refractivity (Wildman–Crippen MR) is 70.6 cm³/mol. The predicted octanol–water partition coefficient (Wildman–Crippen LogP) is -0.873. The maximum absolute atomic E-state index is 13.1. The van der Waals surface area contributed by atoms with Crippen molar-refractivity contribution in [2.24, 2.45) is 0 Å². The normalized spacial score (nSPS) is 31.4. The largest absolute Gasteiger partial charge is 0.395 e. The molecule has 5 nitrogen and oxygen atoms in total. The Kier molecular flexibility index (Phi) is 5.06. The van der Waals surface area contributed by atoms with Gasteiger partial charge in [-0.2, -0.15) is 0 Å². The van der Waals surface area contributed by atoms with E-state index in [0.717, 1.165) is 5.56 Å². The number of halogens is 1. The molecule has 1 aliphatic rings. The Labute approximate surface area is 116 Å². The number of aliphatic hydroxyl groups excluding tert-OH is 4. The fraction of sp³-hybridized carbons (Fsp3) is 0.571. The Morgan fingerprint density at radius 3 is 2.60 bits per heavy atom. The fourth-order valence-electron chi connectivity index (χ4n) is 2.60. The Morgan fingerprint density at radius 1 is 1.20 bits per heavy atom. The fourth-order valence-corrected chi connectivity index (χ4v) is 2.60. The molecule has 1 aliphatic heterocycles. The van der Waals surface area contributed by atoms with E-state index < -0.39 is 24.4 Å². The number of β-amino-alcohol motifs (C(OH)–C–C–N with tert-alkyl or cyclic N) is 1. The van der Waals surface area contributed by atoms with E-state index in [2.05, 4.69) is 0 Å². The third-order valence-corrected chi connectivity index (χ3v) is 3.79. The van der Waals surface area contributed by atoms with Gasteiger partial charge in [0.05, 0.1) is 18.8 Å². The Morgan fingerprint density at radius 2 is 1.95 bits per heavy atom. The molecule has 112 valence electrons. The molecule has 0 amide bonds. The van der Waals surface area contributed by atoms with Crippen molar-refractivity contribution in [2.45, 2.75) is 30.8 Å². The summed E-state index contributed by atoms with van der Waals surface area (Å²) in [7, 11) is 0. The van der Waals surface area contributed by atoms with E-state index in [0.29, 0.717) is 13.0 Å². The van der Waals surface area contributed by atoms with E-state index in [1.54, 1.807) is 17.0 Å². The molecule has 0 radical (unpaired) electrons. The van der Waals surface area contributed by atoms with E-state index in [-0.39, 0.29) is 19.0 Å². The summed E-state index contributed by atoms with van der Waals surface area (Å²) in [5.74, 6) is -0.310. The van der Waals surface area contributed by atoms with Gasteiger partial charge in [-0.3, -0.25) is 4.90 Å².